The summed E-state index contributed by atoms with van der Waals surface area (Å²) in [4.78, 5) is 6.83. The van der Waals surface area contributed by atoms with Crippen LogP contribution >= 0.6 is 0 Å². The Morgan fingerprint density at radius 2 is 2.27 bits per heavy atom. The van der Waals surface area contributed by atoms with Gasteiger partial charge >= 0.3 is 0 Å². The number of nitrogens with one attached hydrogen (secondary N) is 1. The fourth-order valence-electron chi connectivity index (χ4n) is 0.988. The van der Waals surface area contributed by atoms with E-state index in [1.54, 1.807) is 12.4 Å². The van der Waals surface area contributed by atoms with Gasteiger partial charge in [-0.1, -0.05) is 0 Å². The van der Waals surface area contributed by atoms with Gasteiger partial charge in [0.05, 0.1) is 23.0 Å². The summed E-state index contributed by atoms with van der Waals surface area (Å²) in [5.74, 6) is 0.0737. The van der Waals surface area contributed by atoms with Crippen LogP contribution in [0.5, 0.6) is 5.75 Å². The van der Waals surface area contributed by atoms with Gasteiger partial charge in [-0.15, -0.1) is 0 Å². The van der Waals surface area contributed by atoms with Crippen LogP contribution in [0.3, 0.4) is 0 Å². The molecule has 0 saturated heterocycles. The lowest BCUT2D eigenvalue weighted by Gasteiger charge is -1.96. The van der Waals surface area contributed by atoms with Gasteiger partial charge in [0.2, 0.25) is 0 Å². The summed E-state index contributed by atoms with van der Waals surface area (Å²) in [5, 5.41) is 9.16. The van der Waals surface area contributed by atoms with Gasteiger partial charge in [0.1, 0.15) is 5.75 Å². The number of benzene rings is 1. The zero-order valence-electron chi connectivity index (χ0n) is 5.70. The van der Waals surface area contributed by atoms with Crippen LogP contribution in [0, 0.1) is 0 Å². The standard InChI is InChI=1S/C7H7N3O/c8-4-1-5-6(2-7(4)11)10-3-9-5/h1-3,11H,8H2,(H,9,10). The molecular formula is C7H7N3O. The van der Waals surface area contributed by atoms with Crippen molar-refractivity contribution in [1.29, 1.82) is 0 Å². The number of H-pyrrole nitrogens is 1. The molecule has 4 nitrogen and oxygen atoms in total. The molecule has 0 atom stereocenters. The van der Waals surface area contributed by atoms with Crippen molar-refractivity contribution in [3.8, 4) is 5.75 Å². The van der Waals surface area contributed by atoms with Crippen molar-refractivity contribution < 1.29 is 5.11 Å². The highest BCUT2D eigenvalue weighted by molar-refractivity contribution is 5.81. The Morgan fingerprint density at radius 1 is 1.45 bits per heavy atom. The summed E-state index contributed by atoms with van der Waals surface area (Å²) in [5.41, 5.74) is 7.36. The molecule has 0 amide bonds. The molecule has 1 aromatic heterocycles. The Balaban J connectivity index is 2.86. The van der Waals surface area contributed by atoms with Crippen LogP contribution in [-0.2, 0) is 0 Å². The quantitative estimate of drug-likeness (QED) is 0.384. The number of nitrogen functional groups attached to an aromatic ring is 1. The molecule has 0 fully saturated rings. The number of aromatic hydroxyl groups is 1. The molecule has 0 unspecified atom stereocenters. The second kappa shape index (κ2) is 1.88. The Kier molecular flexibility index (Phi) is 1.03. The Labute approximate surface area is 62.7 Å². The van der Waals surface area contributed by atoms with Gasteiger partial charge in [-0.05, 0) is 6.07 Å². The number of nitrogens with zero attached hydrogens (tertiary/aromatic N) is 1. The van der Waals surface area contributed by atoms with E-state index in [9.17, 15) is 0 Å². The second-order valence-corrected chi connectivity index (χ2v) is 2.33. The third kappa shape index (κ3) is 0.797. The minimum Gasteiger partial charge on any atom is -0.506 e. The maximum atomic E-state index is 9.16. The molecule has 4 heteroatoms. The van der Waals surface area contributed by atoms with Crippen LogP contribution in [-0.4, -0.2) is 15.1 Å². The number of imidazole rings is 1. The first kappa shape index (κ1) is 6.03. The molecule has 0 radical (unpaired) electrons. The van der Waals surface area contributed by atoms with Gasteiger partial charge < -0.3 is 15.8 Å². The second-order valence-electron chi connectivity index (χ2n) is 2.33. The number of fused-ring (bicyclic) bond motifs is 1. The van der Waals surface area contributed by atoms with Crippen LogP contribution in [0.1, 0.15) is 0 Å². The SMILES string of the molecule is Nc1cc2[nH]cnc2cc1O. The first-order chi connectivity index (χ1) is 5.27. The average Bonchev–Trinajstić information content (AvgIpc) is 2.36. The van der Waals surface area contributed by atoms with Gasteiger partial charge in [-0.3, -0.25) is 0 Å². The average molecular weight is 149 g/mol. The first-order valence-electron chi connectivity index (χ1n) is 3.19. The molecule has 1 heterocycles. The minimum atomic E-state index is 0.0737. The molecule has 2 aromatic rings. The van der Waals surface area contributed by atoms with Gasteiger partial charge in [0, 0.05) is 6.07 Å². The molecule has 0 saturated carbocycles. The predicted octanol–water partition coefficient (Wildman–Crippen LogP) is 0.851. The monoisotopic (exact) mass is 149 g/mol. The minimum absolute atomic E-state index is 0.0737. The molecule has 56 valence electrons. The van der Waals surface area contributed by atoms with Gasteiger partial charge in [-0.2, -0.15) is 0 Å². The van der Waals surface area contributed by atoms with Crippen molar-refractivity contribution in [1.82, 2.24) is 9.97 Å². The molecule has 0 aliphatic heterocycles. The summed E-state index contributed by atoms with van der Waals surface area (Å²) in [7, 11) is 0. The first-order valence-corrected chi connectivity index (χ1v) is 3.19. The highest BCUT2D eigenvalue weighted by Gasteiger charge is 2.00. The molecule has 0 spiro atoms. The molecule has 2 rings (SSSR count). The number of aromatic amines is 1. The van der Waals surface area contributed by atoms with E-state index in [1.807, 2.05) is 0 Å². The van der Waals surface area contributed by atoms with Crippen molar-refractivity contribution in [3.63, 3.8) is 0 Å². The molecule has 4 N–H and O–H groups in total. The molecule has 0 bridgehead atoms. The summed E-state index contributed by atoms with van der Waals surface area (Å²) < 4.78 is 0. The summed E-state index contributed by atoms with van der Waals surface area (Å²) >= 11 is 0. The fourth-order valence-corrected chi connectivity index (χ4v) is 0.988. The molecular weight excluding hydrogens is 142 g/mol. The van der Waals surface area contributed by atoms with E-state index < -0.39 is 0 Å². The normalized spacial score (nSPS) is 10.5. The van der Waals surface area contributed by atoms with E-state index in [0.717, 1.165) is 11.0 Å². The van der Waals surface area contributed by atoms with Crippen molar-refractivity contribution in [3.05, 3.63) is 18.5 Å². The van der Waals surface area contributed by atoms with Crippen molar-refractivity contribution in [2.24, 2.45) is 0 Å². The molecule has 11 heavy (non-hydrogen) atoms. The molecule has 1 aromatic carbocycles. The summed E-state index contributed by atoms with van der Waals surface area (Å²) in [6.07, 6.45) is 1.56. The number of hydrogen-bond acceptors (Lipinski definition) is 3. The summed E-state index contributed by atoms with van der Waals surface area (Å²) in [6.45, 7) is 0. The lowest BCUT2D eigenvalue weighted by molar-refractivity contribution is 0.478. The number of rotatable bonds is 0. The Hall–Kier alpha value is -1.71. The van der Waals surface area contributed by atoms with Gasteiger partial charge in [0.25, 0.3) is 0 Å². The van der Waals surface area contributed by atoms with Crippen molar-refractivity contribution in [2.75, 3.05) is 5.73 Å². The lowest BCUT2D eigenvalue weighted by atomic mass is 10.2. The van der Waals surface area contributed by atoms with Crippen LogP contribution in [0.25, 0.3) is 11.0 Å². The van der Waals surface area contributed by atoms with Gasteiger partial charge in [0.15, 0.2) is 0 Å². The maximum Gasteiger partial charge on any atom is 0.140 e. The van der Waals surface area contributed by atoms with Crippen molar-refractivity contribution >= 4 is 16.7 Å². The third-order valence-electron chi connectivity index (χ3n) is 1.57. The van der Waals surface area contributed by atoms with E-state index in [4.69, 9.17) is 10.8 Å². The molecule has 0 aliphatic carbocycles. The molecule has 0 aliphatic rings. The topological polar surface area (TPSA) is 74.9 Å². The van der Waals surface area contributed by atoms with E-state index in [2.05, 4.69) is 9.97 Å². The van der Waals surface area contributed by atoms with Crippen molar-refractivity contribution in [2.45, 2.75) is 0 Å². The third-order valence-corrected chi connectivity index (χ3v) is 1.57. The highest BCUT2D eigenvalue weighted by Crippen LogP contribution is 2.24. The van der Waals surface area contributed by atoms with Crippen LogP contribution < -0.4 is 5.73 Å². The number of hydrogen-bond donors (Lipinski definition) is 3. The van der Waals surface area contributed by atoms with E-state index >= 15 is 0 Å². The van der Waals surface area contributed by atoms with Crippen LogP contribution in [0.4, 0.5) is 5.69 Å². The van der Waals surface area contributed by atoms with Crippen LogP contribution in [0.15, 0.2) is 18.5 Å². The van der Waals surface area contributed by atoms with E-state index in [-0.39, 0.29) is 5.75 Å². The Bertz CT molecular complexity index is 357. The predicted molar refractivity (Wildman–Crippen MR) is 42.2 cm³/mol. The number of anilines is 1. The highest BCUT2D eigenvalue weighted by atomic mass is 16.3. The number of phenols is 1. The number of aromatic nitrogens is 2. The van der Waals surface area contributed by atoms with E-state index in [1.165, 1.54) is 6.07 Å². The lowest BCUT2D eigenvalue weighted by Crippen LogP contribution is -1.84. The smallest absolute Gasteiger partial charge is 0.140 e. The van der Waals surface area contributed by atoms with Crippen LogP contribution in [0.2, 0.25) is 0 Å². The van der Waals surface area contributed by atoms with Gasteiger partial charge in [-0.25, -0.2) is 4.98 Å². The van der Waals surface area contributed by atoms with E-state index in [0.29, 0.717) is 5.69 Å². The number of phenolic OH excluding ortho intramolecular Hbond substituents is 1. The zero-order chi connectivity index (χ0) is 7.84. The largest absolute Gasteiger partial charge is 0.506 e. The fraction of sp³-hybridized carbons (Fsp3) is 0. The number of nitrogens with two attached hydrogens (primary N) is 1. The summed E-state index contributed by atoms with van der Waals surface area (Å²) in [6, 6.07) is 3.18. The zero-order valence-corrected chi connectivity index (χ0v) is 5.70. The Morgan fingerprint density at radius 3 is 3.09 bits per heavy atom. The maximum absolute atomic E-state index is 9.16.